The number of carboxylic acid groups (broad SMARTS) is 1. The second-order valence-corrected chi connectivity index (χ2v) is 7.58. The lowest BCUT2D eigenvalue weighted by Crippen LogP contribution is -2.21. The van der Waals surface area contributed by atoms with Crippen molar-refractivity contribution in [3.05, 3.63) is 71.7 Å². The zero-order chi connectivity index (χ0) is 25.9. The van der Waals surface area contributed by atoms with E-state index in [0.29, 0.717) is 39.6 Å². The van der Waals surface area contributed by atoms with Crippen LogP contribution in [0.2, 0.25) is 5.02 Å². The van der Waals surface area contributed by atoms with Crippen molar-refractivity contribution in [3.63, 3.8) is 0 Å². The minimum absolute atomic E-state index is 0.331. The summed E-state index contributed by atoms with van der Waals surface area (Å²) in [6, 6.07) is 10.0. The number of aliphatic carboxylic acids is 1. The fourth-order valence-electron chi connectivity index (χ4n) is 3.34. The molecular formula is C22H14ClF4N7O2. The van der Waals surface area contributed by atoms with Crippen LogP contribution >= 0.6 is 11.6 Å². The van der Waals surface area contributed by atoms with Crippen LogP contribution in [0, 0.1) is 5.82 Å². The number of aromatic nitrogens is 6. The van der Waals surface area contributed by atoms with Gasteiger partial charge in [0.05, 0.1) is 17.5 Å². The first-order valence-corrected chi connectivity index (χ1v) is 10.4. The summed E-state index contributed by atoms with van der Waals surface area (Å²) in [5.74, 6) is -2.51. The largest absolute Gasteiger partial charge is 0.490 e. The summed E-state index contributed by atoms with van der Waals surface area (Å²) in [4.78, 5) is 24.5. The smallest absolute Gasteiger partial charge is 0.475 e. The number of carbonyl (C=O) groups is 1. The van der Waals surface area contributed by atoms with E-state index in [-0.39, 0.29) is 5.82 Å². The molecule has 0 aliphatic rings. The van der Waals surface area contributed by atoms with E-state index >= 15 is 0 Å². The van der Waals surface area contributed by atoms with Crippen molar-refractivity contribution in [2.75, 3.05) is 5.32 Å². The number of nitrogens with one attached hydrogen (secondary N) is 2. The number of H-pyrrole nitrogens is 1. The van der Waals surface area contributed by atoms with E-state index in [0.717, 1.165) is 16.5 Å². The van der Waals surface area contributed by atoms with Crippen molar-refractivity contribution >= 4 is 45.5 Å². The Hall–Kier alpha value is -4.39. The molecule has 0 radical (unpaired) electrons. The predicted octanol–water partition coefficient (Wildman–Crippen LogP) is 5.00. The van der Waals surface area contributed by atoms with Crippen LogP contribution in [0.4, 0.5) is 23.4 Å². The van der Waals surface area contributed by atoms with E-state index in [1.54, 1.807) is 24.7 Å². The first kappa shape index (κ1) is 24.7. The van der Waals surface area contributed by atoms with Crippen LogP contribution in [0.1, 0.15) is 5.56 Å². The Kier molecular flexibility index (Phi) is 6.92. The number of carboxylic acids is 1. The Bertz CT molecular complexity index is 1560. The molecule has 0 saturated heterocycles. The van der Waals surface area contributed by atoms with Crippen LogP contribution < -0.4 is 5.32 Å². The van der Waals surface area contributed by atoms with E-state index in [1.807, 2.05) is 12.1 Å². The average molecular weight is 520 g/mol. The Morgan fingerprint density at radius 3 is 2.61 bits per heavy atom. The fourth-order valence-corrected chi connectivity index (χ4v) is 3.63. The Labute approximate surface area is 204 Å². The van der Waals surface area contributed by atoms with Crippen LogP contribution in [0.15, 0.2) is 55.2 Å². The molecular weight excluding hydrogens is 506 g/mol. The summed E-state index contributed by atoms with van der Waals surface area (Å²) < 4.78 is 45.7. The predicted molar refractivity (Wildman–Crippen MR) is 123 cm³/mol. The summed E-state index contributed by atoms with van der Waals surface area (Å²) in [6.45, 7) is 0.372. The standard InChI is InChI=1S/C20H13ClFN7.C2HF3O2/c21-15-7-12(8-23-19-18-20(25-9-24-18)27-10-26-19)16(11-2-1-3-13(22)6-11)17-14(15)4-5-28-29-17;3-2(4,5)1(6)7/h1-7,9-10H,8H2,(H2,23,24,25,26,27);(H,6,7). The van der Waals surface area contributed by atoms with Crippen LogP contribution in [0.5, 0.6) is 0 Å². The van der Waals surface area contributed by atoms with Gasteiger partial charge in [-0.05, 0) is 35.4 Å². The molecule has 0 saturated carbocycles. The van der Waals surface area contributed by atoms with Gasteiger partial charge in [0.1, 0.15) is 23.2 Å². The van der Waals surface area contributed by atoms with Crippen LogP contribution in [-0.2, 0) is 11.3 Å². The average Bonchev–Trinajstić information content (AvgIpc) is 3.32. The monoisotopic (exact) mass is 519 g/mol. The highest BCUT2D eigenvalue weighted by Crippen LogP contribution is 2.35. The number of nitrogens with zero attached hydrogens (tertiary/aromatic N) is 5. The van der Waals surface area contributed by atoms with E-state index in [9.17, 15) is 17.6 Å². The summed E-state index contributed by atoms with van der Waals surface area (Å²) in [7, 11) is 0. The minimum Gasteiger partial charge on any atom is -0.475 e. The highest BCUT2D eigenvalue weighted by Gasteiger charge is 2.38. The van der Waals surface area contributed by atoms with E-state index in [1.165, 1.54) is 18.5 Å². The number of hydrogen-bond donors (Lipinski definition) is 3. The molecule has 36 heavy (non-hydrogen) atoms. The molecule has 14 heteroatoms. The molecule has 0 atom stereocenters. The molecule has 0 spiro atoms. The Balaban J connectivity index is 0.000000384. The van der Waals surface area contributed by atoms with Crippen LogP contribution in [0.25, 0.3) is 33.2 Å². The first-order valence-electron chi connectivity index (χ1n) is 10.0. The number of anilines is 1. The molecule has 3 aromatic heterocycles. The zero-order valence-electron chi connectivity index (χ0n) is 17.9. The van der Waals surface area contributed by atoms with Gasteiger partial charge in [-0.25, -0.2) is 24.1 Å². The van der Waals surface area contributed by atoms with Crippen molar-refractivity contribution < 1.29 is 27.5 Å². The molecule has 3 N–H and O–H groups in total. The Morgan fingerprint density at radius 2 is 1.89 bits per heavy atom. The summed E-state index contributed by atoms with van der Waals surface area (Å²) >= 11 is 6.50. The second-order valence-electron chi connectivity index (χ2n) is 7.17. The normalized spacial score (nSPS) is 11.2. The maximum Gasteiger partial charge on any atom is 0.490 e. The van der Waals surface area contributed by atoms with Crippen molar-refractivity contribution in [1.82, 2.24) is 30.1 Å². The van der Waals surface area contributed by atoms with Crippen molar-refractivity contribution in [1.29, 1.82) is 0 Å². The SMILES string of the molecule is Fc1cccc(-c2c(CNc3ncnc4[nH]cnc34)cc(Cl)c3ccnnc23)c1.O=C(O)C(F)(F)F. The lowest BCUT2D eigenvalue weighted by Gasteiger charge is -2.15. The van der Waals surface area contributed by atoms with Gasteiger partial charge in [0.2, 0.25) is 0 Å². The van der Waals surface area contributed by atoms with Crippen molar-refractivity contribution in [3.8, 4) is 11.1 Å². The molecule has 0 unspecified atom stereocenters. The number of rotatable bonds is 4. The number of benzene rings is 2. The Morgan fingerprint density at radius 1 is 1.11 bits per heavy atom. The molecule has 184 valence electrons. The van der Waals surface area contributed by atoms with Gasteiger partial charge in [-0.1, -0.05) is 23.7 Å². The van der Waals surface area contributed by atoms with Crippen LogP contribution in [-0.4, -0.2) is 47.4 Å². The lowest BCUT2D eigenvalue weighted by atomic mass is 9.96. The van der Waals surface area contributed by atoms with Gasteiger partial charge in [-0.3, -0.25) is 0 Å². The molecule has 0 fully saturated rings. The fraction of sp³-hybridized carbons (Fsp3) is 0.0909. The molecule has 0 aliphatic carbocycles. The van der Waals surface area contributed by atoms with Gasteiger partial charge >= 0.3 is 12.1 Å². The van der Waals surface area contributed by atoms with Crippen molar-refractivity contribution in [2.24, 2.45) is 0 Å². The third-order valence-corrected chi connectivity index (χ3v) is 5.17. The highest BCUT2D eigenvalue weighted by molar-refractivity contribution is 6.36. The third kappa shape index (κ3) is 5.30. The summed E-state index contributed by atoms with van der Waals surface area (Å²) in [6.07, 6.45) is -0.489. The number of imidazole rings is 1. The van der Waals surface area contributed by atoms with E-state index in [2.05, 4.69) is 35.5 Å². The van der Waals surface area contributed by atoms with Gasteiger partial charge in [0.15, 0.2) is 11.5 Å². The van der Waals surface area contributed by atoms with Gasteiger partial charge in [-0.2, -0.15) is 18.3 Å². The van der Waals surface area contributed by atoms with Gasteiger partial charge in [0, 0.05) is 17.5 Å². The van der Waals surface area contributed by atoms with Gasteiger partial charge in [0.25, 0.3) is 0 Å². The third-order valence-electron chi connectivity index (χ3n) is 4.86. The van der Waals surface area contributed by atoms with E-state index < -0.39 is 12.1 Å². The zero-order valence-corrected chi connectivity index (χ0v) is 18.6. The maximum atomic E-state index is 13.9. The molecule has 0 aliphatic heterocycles. The molecule has 5 rings (SSSR count). The molecule has 9 nitrogen and oxygen atoms in total. The maximum absolute atomic E-state index is 13.9. The summed E-state index contributed by atoms with van der Waals surface area (Å²) in [5, 5.41) is 20.0. The molecule has 0 bridgehead atoms. The molecule has 0 amide bonds. The van der Waals surface area contributed by atoms with Crippen LogP contribution in [0.3, 0.4) is 0 Å². The number of fused-ring (bicyclic) bond motifs is 2. The highest BCUT2D eigenvalue weighted by atomic mass is 35.5. The number of halogens is 5. The number of aromatic amines is 1. The van der Waals surface area contributed by atoms with Gasteiger partial charge in [-0.15, -0.1) is 5.10 Å². The van der Waals surface area contributed by atoms with E-state index in [4.69, 9.17) is 21.5 Å². The lowest BCUT2D eigenvalue weighted by molar-refractivity contribution is -0.192. The molecule has 2 aromatic carbocycles. The first-order chi connectivity index (χ1) is 17.1. The number of hydrogen-bond acceptors (Lipinski definition) is 7. The summed E-state index contributed by atoms with van der Waals surface area (Å²) in [5.41, 5.74) is 4.15. The minimum atomic E-state index is -5.08. The molecule has 5 aromatic rings. The number of alkyl halides is 3. The van der Waals surface area contributed by atoms with Crippen molar-refractivity contribution in [2.45, 2.75) is 12.7 Å². The second kappa shape index (κ2) is 10.1. The van der Waals surface area contributed by atoms with Gasteiger partial charge < -0.3 is 15.4 Å². The topological polar surface area (TPSA) is 130 Å². The molecule has 3 heterocycles. The quantitative estimate of drug-likeness (QED) is 0.283.